The molecule has 2 aromatic carbocycles. The summed E-state index contributed by atoms with van der Waals surface area (Å²) in [5.74, 6) is 0. The van der Waals surface area contributed by atoms with Crippen LogP contribution in [0.15, 0.2) is 75.4 Å². The third kappa shape index (κ3) is 4.84. The molecule has 3 heteroatoms. The Hall–Kier alpha value is -0.991. The maximum absolute atomic E-state index is 10.2. The van der Waals surface area contributed by atoms with E-state index in [1.165, 1.54) is 9.36 Å². The standard InChI is InChI=1S/C17H18OSSe/c1-2-16(18)17(19-14-9-5-3-6-10-14)13-20-15-11-7-4-8-12-15/h3-13,16,18H,2H2,1H3/b17-13-. The number of thioether (sulfide) groups is 1. The summed E-state index contributed by atoms with van der Waals surface area (Å²) in [6.45, 7) is 2.01. The zero-order chi connectivity index (χ0) is 14.2. The van der Waals surface area contributed by atoms with Crippen molar-refractivity contribution in [1.82, 2.24) is 0 Å². The van der Waals surface area contributed by atoms with Crippen molar-refractivity contribution in [3.63, 3.8) is 0 Å². The summed E-state index contributed by atoms with van der Waals surface area (Å²) >= 11 is 1.93. The fraction of sp³-hybridized carbons (Fsp3) is 0.176. The average molecular weight is 349 g/mol. The van der Waals surface area contributed by atoms with Gasteiger partial charge in [-0.1, -0.05) is 0 Å². The molecule has 0 saturated heterocycles. The molecule has 0 fully saturated rings. The Morgan fingerprint density at radius 2 is 1.70 bits per heavy atom. The van der Waals surface area contributed by atoms with Gasteiger partial charge in [-0.25, -0.2) is 0 Å². The van der Waals surface area contributed by atoms with Crippen molar-refractivity contribution in [2.45, 2.75) is 24.3 Å². The van der Waals surface area contributed by atoms with Gasteiger partial charge < -0.3 is 0 Å². The Morgan fingerprint density at radius 3 is 2.30 bits per heavy atom. The molecule has 0 aliphatic rings. The number of aliphatic hydroxyl groups excluding tert-OH is 1. The van der Waals surface area contributed by atoms with Gasteiger partial charge in [0.1, 0.15) is 0 Å². The normalized spacial score (nSPS) is 13.2. The molecular weight excluding hydrogens is 331 g/mol. The molecule has 0 spiro atoms. The molecule has 0 aliphatic carbocycles. The third-order valence-electron chi connectivity index (χ3n) is 2.75. The fourth-order valence-corrected chi connectivity index (χ4v) is 4.61. The summed E-state index contributed by atoms with van der Waals surface area (Å²) in [5.41, 5.74) is 0. The van der Waals surface area contributed by atoms with Crippen LogP contribution in [0.25, 0.3) is 0 Å². The van der Waals surface area contributed by atoms with Gasteiger partial charge >= 0.3 is 131 Å². The van der Waals surface area contributed by atoms with Crippen LogP contribution in [0.2, 0.25) is 0 Å². The van der Waals surface area contributed by atoms with Crippen LogP contribution in [0, 0.1) is 0 Å². The number of aliphatic hydroxyl groups is 1. The van der Waals surface area contributed by atoms with Gasteiger partial charge in [0.15, 0.2) is 0 Å². The van der Waals surface area contributed by atoms with Crippen molar-refractivity contribution < 1.29 is 5.11 Å². The van der Waals surface area contributed by atoms with Crippen LogP contribution < -0.4 is 4.46 Å². The first kappa shape index (κ1) is 15.4. The van der Waals surface area contributed by atoms with E-state index in [4.69, 9.17) is 0 Å². The predicted molar refractivity (Wildman–Crippen MR) is 88.5 cm³/mol. The molecule has 0 saturated carbocycles. The molecule has 0 radical (unpaired) electrons. The zero-order valence-corrected chi connectivity index (χ0v) is 13.9. The summed E-state index contributed by atoms with van der Waals surface area (Å²) in [7, 11) is 0. The van der Waals surface area contributed by atoms with Crippen LogP contribution in [0.5, 0.6) is 0 Å². The van der Waals surface area contributed by atoms with E-state index in [2.05, 4.69) is 41.4 Å². The number of benzene rings is 2. The van der Waals surface area contributed by atoms with Crippen LogP contribution in [0.1, 0.15) is 13.3 Å². The Balaban J connectivity index is 2.11. The molecule has 104 valence electrons. The van der Waals surface area contributed by atoms with E-state index >= 15 is 0 Å². The number of rotatable bonds is 6. The van der Waals surface area contributed by atoms with E-state index in [1.807, 2.05) is 31.2 Å². The molecule has 20 heavy (non-hydrogen) atoms. The van der Waals surface area contributed by atoms with Crippen molar-refractivity contribution in [3.8, 4) is 0 Å². The summed E-state index contributed by atoms with van der Waals surface area (Å²) in [5, 5.41) is 10.2. The second-order valence-electron chi connectivity index (χ2n) is 4.29. The van der Waals surface area contributed by atoms with E-state index in [0.29, 0.717) is 0 Å². The molecule has 2 aromatic rings. The molecular formula is C17H18OSSe. The average Bonchev–Trinajstić information content (AvgIpc) is 2.52. The molecule has 1 N–H and O–H groups in total. The van der Waals surface area contributed by atoms with Gasteiger partial charge in [0, 0.05) is 0 Å². The Bertz CT molecular complexity index is 539. The monoisotopic (exact) mass is 350 g/mol. The summed E-state index contributed by atoms with van der Waals surface area (Å²) in [6, 6.07) is 20.7. The minimum atomic E-state index is -0.370. The van der Waals surface area contributed by atoms with Crippen LogP contribution >= 0.6 is 11.8 Å². The minimum absolute atomic E-state index is 0.258. The molecule has 1 unspecified atom stereocenters. The second kappa shape index (κ2) is 8.33. The van der Waals surface area contributed by atoms with E-state index in [0.717, 1.165) is 11.3 Å². The van der Waals surface area contributed by atoms with E-state index < -0.39 is 0 Å². The Kier molecular flexibility index (Phi) is 6.41. The number of hydrogen-bond acceptors (Lipinski definition) is 2. The SMILES string of the molecule is CCC(O)/C(=C/[Se]c1ccccc1)Sc1ccccc1. The molecule has 1 nitrogen and oxygen atoms in total. The van der Waals surface area contributed by atoms with Gasteiger partial charge in [0.05, 0.1) is 0 Å². The topological polar surface area (TPSA) is 20.2 Å². The molecule has 1 atom stereocenters. The summed E-state index contributed by atoms with van der Waals surface area (Å²) in [4.78, 5) is 4.44. The van der Waals surface area contributed by atoms with Crippen molar-refractivity contribution >= 4 is 31.2 Å². The Labute approximate surface area is 131 Å². The van der Waals surface area contributed by atoms with Gasteiger partial charge in [-0.3, -0.25) is 0 Å². The molecule has 0 aliphatic heterocycles. The first-order valence-electron chi connectivity index (χ1n) is 6.62. The van der Waals surface area contributed by atoms with Crippen LogP contribution in [0.4, 0.5) is 0 Å². The van der Waals surface area contributed by atoms with Crippen LogP contribution in [-0.2, 0) is 0 Å². The molecule has 0 aromatic heterocycles. The zero-order valence-electron chi connectivity index (χ0n) is 11.4. The molecule has 0 heterocycles. The van der Waals surface area contributed by atoms with Gasteiger partial charge in [0.25, 0.3) is 0 Å². The second-order valence-corrected chi connectivity index (χ2v) is 7.42. The van der Waals surface area contributed by atoms with Crippen LogP contribution in [0.3, 0.4) is 0 Å². The van der Waals surface area contributed by atoms with E-state index in [1.54, 1.807) is 11.8 Å². The molecule has 0 bridgehead atoms. The molecule has 0 amide bonds. The quantitative estimate of drug-likeness (QED) is 0.637. The van der Waals surface area contributed by atoms with Crippen molar-refractivity contribution in [1.29, 1.82) is 0 Å². The van der Waals surface area contributed by atoms with Crippen molar-refractivity contribution in [3.05, 3.63) is 70.5 Å². The number of hydrogen-bond donors (Lipinski definition) is 1. The van der Waals surface area contributed by atoms with E-state index in [9.17, 15) is 5.11 Å². The van der Waals surface area contributed by atoms with Gasteiger partial charge in [-0.15, -0.1) is 0 Å². The fourth-order valence-electron chi connectivity index (χ4n) is 1.62. The Morgan fingerprint density at radius 1 is 1.10 bits per heavy atom. The van der Waals surface area contributed by atoms with Crippen molar-refractivity contribution in [2.75, 3.05) is 0 Å². The first-order valence-corrected chi connectivity index (χ1v) is 9.28. The first-order chi connectivity index (χ1) is 9.79. The molecule has 2 rings (SSSR count). The third-order valence-corrected chi connectivity index (χ3v) is 6.14. The summed E-state index contributed by atoms with van der Waals surface area (Å²) in [6.07, 6.45) is 0.377. The summed E-state index contributed by atoms with van der Waals surface area (Å²) < 4.78 is 1.33. The van der Waals surface area contributed by atoms with Gasteiger partial charge in [-0.2, -0.15) is 0 Å². The maximum atomic E-state index is 10.2. The van der Waals surface area contributed by atoms with Crippen LogP contribution in [-0.4, -0.2) is 26.2 Å². The van der Waals surface area contributed by atoms with Crippen molar-refractivity contribution in [2.24, 2.45) is 0 Å². The predicted octanol–water partition coefficient (Wildman–Crippen LogP) is 3.42. The van der Waals surface area contributed by atoms with E-state index in [-0.39, 0.29) is 21.1 Å². The van der Waals surface area contributed by atoms with Gasteiger partial charge in [0.2, 0.25) is 0 Å². The van der Waals surface area contributed by atoms with Gasteiger partial charge in [-0.05, 0) is 0 Å².